The van der Waals surface area contributed by atoms with Crippen molar-refractivity contribution < 1.29 is 4.79 Å². The molecule has 100 valence electrons. The van der Waals surface area contributed by atoms with E-state index in [1.807, 2.05) is 31.2 Å². The van der Waals surface area contributed by atoms with Crippen LogP contribution in [-0.4, -0.2) is 16.0 Å². The summed E-state index contributed by atoms with van der Waals surface area (Å²) in [5, 5.41) is 5.56. The molecule has 5 N–H and O–H groups in total. The third-order valence-electron chi connectivity index (χ3n) is 2.70. The molecule has 0 bridgehead atoms. The van der Waals surface area contributed by atoms with Gasteiger partial charge in [0.15, 0.2) is 0 Å². The van der Waals surface area contributed by atoms with Gasteiger partial charge in [0.25, 0.3) is 0 Å². The topological polar surface area (TPSA) is 95.8 Å². The van der Waals surface area contributed by atoms with E-state index in [0.717, 1.165) is 5.56 Å². The highest BCUT2D eigenvalue weighted by Crippen LogP contribution is 2.11. The molecule has 6 nitrogen and oxygen atoms in total. The van der Waals surface area contributed by atoms with Crippen LogP contribution in [0.15, 0.2) is 36.7 Å². The number of aromatic nitrogens is 2. The summed E-state index contributed by atoms with van der Waals surface area (Å²) in [6.07, 6.45) is 3.37. The van der Waals surface area contributed by atoms with Crippen LogP contribution in [-0.2, 0) is 6.54 Å². The molecule has 0 spiro atoms. The van der Waals surface area contributed by atoms with Crippen LogP contribution >= 0.6 is 0 Å². The van der Waals surface area contributed by atoms with Crippen LogP contribution < -0.4 is 16.4 Å². The fraction of sp³-hybridized carbons (Fsp3) is 0.231. The second-order valence-corrected chi connectivity index (χ2v) is 4.20. The van der Waals surface area contributed by atoms with Crippen LogP contribution in [0.5, 0.6) is 0 Å². The molecule has 0 saturated heterocycles. The normalized spacial score (nSPS) is 11.9. The van der Waals surface area contributed by atoms with Gasteiger partial charge in [0, 0.05) is 24.6 Å². The van der Waals surface area contributed by atoms with Crippen LogP contribution in [0.4, 0.5) is 10.5 Å². The number of carbonyl (C=O) groups is 1. The predicted octanol–water partition coefficient (Wildman–Crippen LogP) is 1.75. The van der Waals surface area contributed by atoms with E-state index in [-0.39, 0.29) is 12.1 Å². The number of imidazole rings is 1. The first-order chi connectivity index (χ1) is 9.19. The number of anilines is 1. The van der Waals surface area contributed by atoms with Crippen molar-refractivity contribution in [3.05, 3.63) is 48.0 Å². The average molecular weight is 259 g/mol. The first-order valence-corrected chi connectivity index (χ1v) is 6.05. The van der Waals surface area contributed by atoms with E-state index in [2.05, 4.69) is 20.6 Å². The maximum Gasteiger partial charge on any atom is 0.319 e. The van der Waals surface area contributed by atoms with Crippen molar-refractivity contribution in [1.29, 1.82) is 0 Å². The number of nitrogens with two attached hydrogens (primary N) is 1. The smallest absolute Gasteiger partial charge is 0.319 e. The maximum atomic E-state index is 11.8. The Morgan fingerprint density at radius 1 is 1.53 bits per heavy atom. The fourth-order valence-electron chi connectivity index (χ4n) is 1.72. The Morgan fingerprint density at radius 3 is 3.05 bits per heavy atom. The Hall–Kier alpha value is -2.34. The molecule has 6 heteroatoms. The molecule has 2 amide bonds. The van der Waals surface area contributed by atoms with Crippen molar-refractivity contribution in [2.24, 2.45) is 5.73 Å². The van der Waals surface area contributed by atoms with Gasteiger partial charge in [-0.15, -0.1) is 0 Å². The zero-order chi connectivity index (χ0) is 13.7. The number of benzene rings is 1. The van der Waals surface area contributed by atoms with E-state index >= 15 is 0 Å². The SMILES string of the molecule is CC(NC(=O)Nc1cccc(CN)c1)c1ncc[nH]1. The standard InChI is InChI=1S/C13H17N5O/c1-9(12-15-5-6-16-12)17-13(19)18-11-4-2-3-10(7-11)8-14/h2-7,9H,8,14H2,1H3,(H,15,16)(H2,17,18,19). The van der Waals surface area contributed by atoms with Crippen molar-refractivity contribution in [3.8, 4) is 0 Å². The third-order valence-corrected chi connectivity index (χ3v) is 2.70. The van der Waals surface area contributed by atoms with Crippen LogP contribution in [0, 0.1) is 0 Å². The molecule has 1 aromatic heterocycles. The van der Waals surface area contributed by atoms with Crippen LogP contribution in [0.2, 0.25) is 0 Å². The largest absolute Gasteiger partial charge is 0.347 e. The molecule has 0 saturated carbocycles. The highest BCUT2D eigenvalue weighted by molar-refractivity contribution is 5.89. The molecule has 1 aromatic carbocycles. The van der Waals surface area contributed by atoms with Gasteiger partial charge in [-0.2, -0.15) is 0 Å². The third kappa shape index (κ3) is 3.56. The molecule has 1 unspecified atom stereocenters. The van der Waals surface area contributed by atoms with Crippen LogP contribution in [0.25, 0.3) is 0 Å². The highest BCUT2D eigenvalue weighted by atomic mass is 16.2. The Bertz CT molecular complexity index is 538. The number of hydrogen-bond acceptors (Lipinski definition) is 3. The molecule has 0 fully saturated rings. The summed E-state index contributed by atoms with van der Waals surface area (Å²) in [6.45, 7) is 2.30. The Morgan fingerprint density at radius 2 is 2.37 bits per heavy atom. The van der Waals surface area contributed by atoms with E-state index < -0.39 is 0 Å². The van der Waals surface area contributed by atoms with E-state index in [4.69, 9.17) is 5.73 Å². The lowest BCUT2D eigenvalue weighted by Crippen LogP contribution is -2.31. The lowest BCUT2D eigenvalue weighted by molar-refractivity contribution is 0.249. The summed E-state index contributed by atoms with van der Waals surface area (Å²) < 4.78 is 0. The number of rotatable bonds is 4. The second kappa shape index (κ2) is 6.01. The van der Waals surface area contributed by atoms with E-state index in [1.54, 1.807) is 12.4 Å². The van der Waals surface area contributed by atoms with Crippen molar-refractivity contribution >= 4 is 11.7 Å². The Balaban J connectivity index is 1.93. The summed E-state index contributed by atoms with van der Waals surface area (Å²) in [7, 11) is 0. The predicted molar refractivity (Wildman–Crippen MR) is 73.5 cm³/mol. The van der Waals surface area contributed by atoms with Gasteiger partial charge in [-0.05, 0) is 24.6 Å². The lowest BCUT2D eigenvalue weighted by Gasteiger charge is -2.13. The number of carbonyl (C=O) groups excluding carboxylic acids is 1. The highest BCUT2D eigenvalue weighted by Gasteiger charge is 2.11. The number of H-pyrrole nitrogens is 1. The molecular weight excluding hydrogens is 242 g/mol. The van der Waals surface area contributed by atoms with Crippen LogP contribution in [0.3, 0.4) is 0 Å². The molecule has 0 aliphatic heterocycles. The quantitative estimate of drug-likeness (QED) is 0.673. The first-order valence-electron chi connectivity index (χ1n) is 6.05. The number of nitrogens with one attached hydrogen (secondary N) is 3. The fourth-order valence-corrected chi connectivity index (χ4v) is 1.72. The van der Waals surface area contributed by atoms with E-state index in [0.29, 0.717) is 18.1 Å². The number of aromatic amines is 1. The molecule has 1 heterocycles. The van der Waals surface area contributed by atoms with Gasteiger partial charge in [-0.25, -0.2) is 9.78 Å². The number of amides is 2. The molecule has 2 rings (SSSR count). The van der Waals surface area contributed by atoms with Gasteiger partial charge in [0.05, 0.1) is 6.04 Å². The van der Waals surface area contributed by atoms with Gasteiger partial charge in [0.2, 0.25) is 0 Å². The monoisotopic (exact) mass is 259 g/mol. The Labute approximate surface area is 111 Å². The minimum atomic E-state index is -0.280. The van der Waals surface area contributed by atoms with Crippen molar-refractivity contribution in [2.75, 3.05) is 5.32 Å². The van der Waals surface area contributed by atoms with Crippen molar-refractivity contribution in [3.63, 3.8) is 0 Å². The van der Waals surface area contributed by atoms with E-state index in [1.165, 1.54) is 0 Å². The summed E-state index contributed by atoms with van der Waals surface area (Å²) >= 11 is 0. The molecule has 0 radical (unpaired) electrons. The first kappa shape index (κ1) is 13.1. The van der Waals surface area contributed by atoms with Gasteiger partial charge < -0.3 is 21.4 Å². The molecule has 1 atom stereocenters. The van der Waals surface area contributed by atoms with Crippen molar-refractivity contribution in [2.45, 2.75) is 19.5 Å². The summed E-state index contributed by atoms with van der Waals surface area (Å²) in [5.41, 5.74) is 7.24. The lowest BCUT2D eigenvalue weighted by atomic mass is 10.2. The number of urea groups is 1. The minimum absolute atomic E-state index is 0.187. The minimum Gasteiger partial charge on any atom is -0.347 e. The second-order valence-electron chi connectivity index (χ2n) is 4.20. The molecule has 0 aliphatic carbocycles. The molecule has 2 aromatic rings. The van der Waals surface area contributed by atoms with Crippen LogP contribution in [0.1, 0.15) is 24.4 Å². The average Bonchev–Trinajstić information content (AvgIpc) is 2.92. The summed E-state index contributed by atoms with van der Waals surface area (Å²) in [5.74, 6) is 0.714. The maximum absolute atomic E-state index is 11.8. The molecule has 19 heavy (non-hydrogen) atoms. The van der Waals surface area contributed by atoms with Gasteiger partial charge >= 0.3 is 6.03 Å². The molecular formula is C13H17N5O. The zero-order valence-corrected chi connectivity index (χ0v) is 10.7. The summed E-state index contributed by atoms with van der Waals surface area (Å²) in [6, 6.07) is 6.96. The Kier molecular flexibility index (Phi) is 4.15. The van der Waals surface area contributed by atoms with Gasteiger partial charge in [-0.1, -0.05) is 12.1 Å². The van der Waals surface area contributed by atoms with E-state index in [9.17, 15) is 4.79 Å². The van der Waals surface area contributed by atoms with Gasteiger partial charge in [-0.3, -0.25) is 0 Å². The number of hydrogen-bond donors (Lipinski definition) is 4. The number of nitrogens with zero attached hydrogens (tertiary/aromatic N) is 1. The summed E-state index contributed by atoms with van der Waals surface area (Å²) in [4.78, 5) is 18.9. The van der Waals surface area contributed by atoms with Gasteiger partial charge in [0.1, 0.15) is 5.82 Å². The molecule has 0 aliphatic rings. The zero-order valence-electron chi connectivity index (χ0n) is 10.7. The van der Waals surface area contributed by atoms with Crippen molar-refractivity contribution in [1.82, 2.24) is 15.3 Å².